The number of hydrogen-bond acceptors (Lipinski definition) is 6. The Hall–Kier alpha value is -2.33. The maximum absolute atomic E-state index is 9.32. The topological polar surface area (TPSA) is 104 Å². The number of ether oxygens (including phenoxy) is 1. The molecule has 1 atom stereocenters. The van der Waals surface area contributed by atoms with Crippen molar-refractivity contribution in [3.8, 4) is 18.2 Å². The molecule has 1 saturated heterocycles. The molecule has 0 aliphatic carbocycles. The van der Waals surface area contributed by atoms with E-state index in [2.05, 4.69) is 6.07 Å². The quantitative estimate of drug-likeness (QED) is 0.602. The highest BCUT2D eigenvalue weighted by Gasteiger charge is 2.25. The summed E-state index contributed by atoms with van der Waals surface area (Å²) in [5, 5.41) is 35.9. The summed E-state index contributed by atoms with van der Waals surface area (Å²) in [5.41, 5.74) is 1.46. The Morgan fingerprint density at radius 3 is 2.43 bits per heavy atom. The summed E-state index contributed by atoms with van der Waals surface area (Å²) in [7, 11) is 0. The number of aliphatic hydroxyl groups excluding tert-OH is 1. The summed E-state index contributed by atoms with van der Waals surface area (Å²) >= 11 is 0. The molecule has 0 bridgehead atoms. The molecule has 1 unspecified atom stereocenters. The molecule has 0 aromatic heterocycles. The van der Waals surface area contributed by atoms with Crippen LogP contribution in [-0.4, -0.2) is 42.4 Å². The van der Waals surface area contributed by atoms with Gasteiger partial charge in [-0.3, -0.25) is 0 Å². The lowest BCUT2D eigenvalue weighted by atomic mass is 10.0. The first-order chi connectivity index (χ1) is 10.1. The van der Waals surface area contributed by atoms with Crippen LogP contribution in [0.2, 0.25) is 0 Å². The number of likely N-dealkylation sites (tertiary alicyclic amines) is 1. The summed E-state index contributed by atoms with van der Waals surface area (Å²) in [6.45, 7) is 5.10. The van der Waals surface area contributed by atoms with Gasteiger partial charge in [-0.1, -0.05) is 0 Å². The lowest BCUT2D eigenvalue weighted by Gasteiger charge is -2.21. The van der Waals surface area contributed by atoms with Gasteiger partial charge < -0.3 is 14.7 Å². The Bertz CT molecular complexity index is 556. The first kappa shape index (κ1) is 16.7. The zero-order chi connectivity index (χ0) is 15.8. The second-order valence-corrected chi connectivity index (χ2v) is 4.75. The van der Waals surface area contributed by atoms with Gasteiger partial charge in [0.2, 0.25) is 0 Å². The molecule has 0 aromatic carbocycles. The van der Waals surface area contributed by atoms with Crippen LogP contribution in [0.5, 0.6) is 0 Å². The Labute approximate surface area is 124 Å². The first-order valence-electron chi connectivity index (χ1n) is 6.68. The Morgan fingerprint density at radius 1 is 1.24 bits per heavy atom. The maximum atomic E-state index is 9.32. The van der Waals surface area contributed by atoms with E-state index in [-0.39, 0.29) is 18.3 Å². The third-order valence-corrected chi connectivity index (χ3v) is 3.51. The molecule has 1 aliphatic heterocycles. The molecule has 1 fully saturated rings. The van der Waals surface area contributed by atoms with Crippen molar-refractivity contribution in [3.63, 3.8) is 0 Å². The van der Waals surface area contributed by atoms with E-state index in [0.29, 0.717) is 24.3 Å². The fourth-order valence-corrected chi connectivity index (χ4v) is 2.30. The summed E-state index contributed by atoms with van der Waals surface area (Å²) < 4.78 is 5.48. The van der Waals surface area contributed by atoms with Gasteiger partial charge in [-0.15, -0.1) is 0 Å². The molecule has 21 heavy (non-hydrogen) atoms. The average Bonchev–Trinajstić information content (AvgIpc) is 2.96. The van der Waals surface area contributed by atoms with Crippen LogP contribution in [0.15, 0.2) is 22.4 Å². The highest BCUT2D eigenvalue weighted by atomic mass is 16.5. The van der Waals surface area contributed by atoms with Crippen molar-refractivity contribution in [1.82, 2.24) is 4.90 Å². The van der Waals surface area contributed by atoms with E-state index in [4.69, 9.17) is 20.4 Å². The van der Waals surface area contributed by atoms with Crippen molar-refractivity contribution in [2.45, 2.75) is 26.4 Å². The monoisotopic (exact) mass is 286 g/mol. The molecule has 0 saturated carbocycles. The predicted octanol–water partition coefficient (Wildman–Crippen LogP) is 1.23. The lowest BCUT2D eigenvalue weighted by Crippen LogP contribution is -2.23. The zero-order valence-corrected chi connectivity index (χ0v) is 12.3. The molecule has 0 spiro atoms. The Morgan fingerprint density at radius 2 is 1.90 bits per heavy atom. The summed E-state index contributed by atoms with van der Waals surface area (Å²) in [4.78, 5) is 2.01. The van der Waals surface area contributed by atoms with E-state index in [1.807, 2.05) is 24.0 Å². The number of nitriles is 3. The maximum Gasteiger partial charge on any atom is 0.133 e. The van der Waals surface area contributed by atoms with E-state index >= 15 is 0 Å². The SMILES string of the molecule is CC(=C(C#N)C#N)/C(C#N)=C(\C)N1CCC(OCCO)C1. The van der Waals surface area contributed by atoms with Crippen LogP contribution in [0.4, 0.5) is 0 Å². The van der Waals surface area contributed by atoms with E-state index in [1.54, 1.807) is 6.92 Å². The summed E-state index contributed by atoms with van der Waals surface area (Å²) in [5.74, 6) is 0. The van der Waals surface area contributed by atoms with Crippen LogP contribution < -0.4 is 0 Å². The smallest absolute Gasteiger partial charge is 0.133 e. The van der Waals surface area contributed by atoms with Gasteiger partial charge in [0.25, 0.3) is 0 Å². The van der Waals surface area contributed by atoms with Crippen molar-refractivity contribution in [2.75, 3.05) is 26.3 Å². The van der Waals surface area contributed by atoms with Gasteiger partial charge in [-0.25, -0.2) is 0 Å². The van der Waals surface area contributed by atoms with Crippen LogP contribution >= 0.6 is 0 Å². The largest absolute Gasteiger partial charge is 0.394 e. The van der Waals surface area contributed by atoms with E-state index < -0.39 is 0 Å². The van der Waals surface area contributed by atoms with Gasteiger partial charge in [0.05, 0.1) is 24.9 Å². The van der Waals surface area contributed by atoms with Crippen molar-refractivity contribution in [3.05, 3.63) is 22.4 Å². The van der Waals surface area contributed by atoms with Gasteiger partial charge in [0.1, 0.15) is 23.8 Å². The van der Waals surface area contributed by atoms with Crippen LogP contribution in [0.3, 0.4) is 0 Å². The van der Waals surface area contributed by atoms with Gasteiger partial charge in [-0.05, 0) is 25.8 Å². The number of hydrogen-bond donors (Lipinski definition) is 1. The molecule has 0 aromatic rings. The predicted molar refractivity (Wildman–Crippen MR) is 75.3 cm³/mol. The highest BCUT2D eigenvalue weighted by Crippen LogP contribution is 2.24. The molecule has 6 nitrogen and oxygen atoms in total. The molecule has 1 N–H and O–H groups in total. The molecule has 1 heterocycles. The van der Waals surface area contributed by atoms with Crippen LogP contribution in [-0.2, 0) is 4.74 Å². The molecule has 0 radical (unpaired) electrons. The lowest BCUT2D eigenvalue weighted by molar-refractivity contribution is 0.0357. The van der Waals surface area contributed by atoms with Gasteiger partial charge in [0, 0.05) is 18.8 Å². The van der Waals surface area contributed by atoms with Crippen molar-refractivity contribution in [2.24, 2.45) is 0 Å². The normalized spacial score (nSPS) is 18.3. The van der Waals surface area contributed by atoms with Crippen molar-refractivity contribution < 1.29 is 9.84 Å². The molecule has 0 amide bonds. The van der Waals surface area contributed by atoms with Crippen LogP contribution in [0.25, 0.3) is 0 Å². The van der Waals surface area contributed by atoms with Gasteiger partial charge in [-0.2, -0.15) is 15.8 Å². The third kappa shape index (κ3) is 4.07. The number of rotatable bonds is 5. The van der Waals surface area contributed by atoms with Crippen molar-refractivity contribution in [1.29, 1.82) is 15.8 Å². The van der Waals surface area contributed by atoms with Crippen LogP contribution in [0.1, 0.15) is 20.3 Å². The highest BCUT2D eigenvalue weighted by molar-refractivity contribution is 5.54. The fourth-order valence-electron chi connectivity index (χ4n) is 2.30. The van der Waals surface area contributed by atoms with Gasteiger partial charge in [0.15, 0.2) is 0 Å². The second kappa shape index (κ2) is 8.07. The first-order valence-corrected chi connectivity index (χ1v) is 6.68. The summed E-state index contributed by atoms with van der Waals surface area (Å²) in [6, 6.07) is 5.70. The molecule has 1 aliphatic rings. The molecule has 110 valence electrons. The molecular formula is C15H18N4O2. The minimum Gasteiger partial charge on any atom is -0.394 e. The second-order valence-electron chi connectivity index (χ2n) is 4.75. The average molecular weight is 286 g/mol. The summed E-state index contributed by atoms with van der Waals surface area (Å²) in [6.07, 6.45) is 0.852. The Kier molecular flexibility index (Phi) is 6.43. The van der Waals surface area contributed by atoms with E-state index in [0.717, 1.165) is 18.7 Å². The minimum absolute atomic E-state index is 0.00961. The Balaban J connectivity index is 2.97. The van der Waals surface area contributed by atoms with Crippen LogP contribution in [0, 0.1) is 34.0 Å². The molecule has 6 heteroatoms. The fraction of sp³-hybridized carbons (Fsp3) is 0.533. The van der Waals surface area contributed by atoms with E-state index in [9.17, 15) is 5.26 Å². The zero-order valence-electron chi connectivity index (χ0n) is 12.3. The molecular weight excluding hydrogens is 268 g/mol. The van der Waals surface area contributed by atoms with Gasteiger partial charge >= 0.3 is 0 Å². The number of nitrogens with zero attached hydrogens (tertiary/aromatic N) is 4. The minimum atomic E-state index is -0.0434. The van der Waals surface area contributed by atoms with E-state index in [1.165, 1.54) is 0 Å². The standard InChI is InChI=1S/C15H18N4O2/c1-11(13(7-16)8-17)15(9-18)12(2)19-4-3-14(10-19)21-6-5-20/h14,20H,3-6,10H2,1-2H3/b15-12+. The molecule has 1 rings (SSSR count). The van der Waals surface area contributed by atoms with Crippen molar-refractivity contribution >= 4 is 0 Å². The number of allylic oxidation sites excluding steroid dienone is 4. The number of aliphatic hydroxyl groups is 1. The third-order valence-electron chi connectivity index (χ3n) is 3.51.